The quantitative estimate of drug-likeness (QED) is 0.918. The van der Waals surface area contributed by atoms with Gasteiger partial charge in [0.2, 0.25) is 0 Å². The van der Waals surface area contributed by atoms with Gasteiger partial charge in [0.1, 0.15) is 17.7 Å². The van der Waals surface area contributed by atoms with Crippen molar-refractivity contribution in [1.82, 2.24) is 14.9 Å². The van der Waals surface area contributed by atoms with E-state index in [1.54, 1.807) is 6.33 Å². The zero-order chi connectivity index (χ0) is 17.9. The van der Waals surface area contributed by atoms with E-state index in [0.717, 1.165) is 42.5 Å². The van der Waals surface area contributed by atoms with E-state index in [1.807, 2.05) is 49.9 Å². The van der Waals surface area contributed by atoms with Crippen molar-refractivity contribution in [1.29, 1.82) is 0 Å². The summed E-state index contributed by atoms with van der Waals surface area (Å²) in [6.45, 7) is 7.09. The third kappa shape index (κ3) is 4.38. The summed E-state index contributed by atoms with van der Waals surface area (Å²) in [5, 5.41) is 4.39. The van der Waals surface area contributed by atoms with E-state index in [-0.39, 0.29) is 12.1 Å². The molecule has 1 atom stereocenters. The number of fused-ring (bicyclic) bond motifs is 1. The third-order valence-electron chi connectivity index (χ3n) is 4.30. The van der Waals surface area contributed by atoms with Gasteiger partial charge in [-0.05, 0) is 52.2 Å². The summed E-state index contributed by atoms with van der Waals surface area (Å²) in [5.41, 5.74) is 0.433. The van der Waals surface area contributed by atoms with Crippen LogP contribution in [0.1, 0.15) is 40.0 Å². The van der Waals surface area contributed by atoms with E-state index in [4.69, 9.17) is 4.74 Å². The number of hydrogen-bond donors (Lipinski definition) is 1. The molecule has 1 fully saturated rings. The number of likely N-dealkylation sites (tertiary alicyclic amines) is 1. The number of anilines is 1. The average Bonchev–Trinajstić information content (AvgIpc) is 2.58. The van der Waals surface area contributed by atoms with Crippen LogP contribution in [-0.4, -0.2) is 45.7 Å². The molecule has 1 saturated heterocycles. The average molecular weight is 342 g/mol. The van der Waals surface area contributed by atoms with Crippen molar-refractivity contribution in [3.05, 3.63) is 30.6 Å². The number of carbonyl (C=O) groups excluding carboxylic acids is 1. The third-order valence-corrected chi connectivity index (χ3v) is 4.30. The van der Waals surface area contributed by atoms with E-state index >= 15 is 0 Å². The van der Waals surface area contributed by atoms with E-state index in [2.05, 4.69) is 15.3 Å². The van der Waals surface area contributed by atoms with Gasteiger partial charge < -0.3 is 15.0 Å². The SMILES string of the molecule is CC(C)(C)OC(=O)N1CCCC[C@H]1CNc1ncnc2ccccc12. The van der Waals surface area contributed by atoms with E-state index in [1.165, 1.54) is 0 Å². The second kappa shape index (κ2) is 7.25. The Morgan fingerprint density at radius 2 is 2.08 bits per heavy atom. The molecular formula is C19H26N4O2. The highest BCUT2D eigenvalue weighted by Gasteiger charge is 2.30. The Morgan fingerprint density at radius 1 is 1.28 bits per heavy atom. The molecule has 0 spiro atoms. The fourth-order valence-corrected chi connectivity index (χ4v) is 3.13. The van der Waals surface area contributed by atoms with Crippen LogP contribution in [0.5, 0.6) is 0 Å². The van der Waals surface area contributed by atoms with E-state index in [9.17, 15) is 4.79 Å². The molecule has 0 saturated carbocycles. The first kappa shape index (κ1) is 17.5. The second-order valence-corrected chi connectivity index (χ2v) is 7.44. The number of nitrogens with zero attached hydrogens (tertiary/aromatic N) is 3. The van der Waals surface area contributed by atoms with Gasteiger partial charge in [-0.3, -0.25) is 0 Å². The Hall–Kier alpha value is -2.37. The van der Waals surface area contributed by atoms with Crippen molar-refractivity contribution in [3.63, 3.8) is 0 Å². The van der Waals surface area contributed by atoms with Gasteiger partial charge >= 0.3 is 6.09 Å². The molecule has 134 valence electrons. The molecule has 1 aliphatic heterocycles. The van der Waals surface area contributed by atoms with E-state index in [0.29, 0.717) is 6.54 Å². The van der Waals surface area contributed by atoms with Crippen molar-refractivity contribution >= 4 is 22.8 Å². The molecule has 1 aromatic heterocycles. The van der Waals surface area contributed by atoms with Crippen LogP contribution in [0.2, 0.25) is 0 Å². The molecule has 2 aromatic rings. The van der Waals surface area contributed by atoms with Crippen LogP contribution in [0.3, 0.4) is 0 Å². The number of carbonyl (C=O) groups is 1. The number of nitrogens with one attached hydrogen (secondary N) is 1. The number of para-hydroxylation sites is 1. The van der Waals surface area contributed by atoms with Gasteiger partial charge in [0.05, 0.1) is 11.6 Å². The Bertz CT molecular complexity index is 736. The zero-order valence-corrected chi connectivity index (χ0v) is 15.2. The summed E-state index contributed by atoms with van der Waals surface area (Å²) in [4.78, 5) is 23.0. The fourth-order valence-electron chi connectivity index (χ4n) is 3.13. The molecule has 1 aromatic carbocycles. The molecule has 3 rings (SSSR count). The molecule has 0 bridgehead atoms. The maximum Gasteiger partial charge on any atom is 0.410 e. The van der Waals surface area contributed by atoms with Crippen LogP contribution in [0.25, 0.3) is 10.9 Å². The van der Waals surface area contributed by atoms with Gasteiger partial charge in [-0.1, -0.05) is 12.1 Å². The number of rotatable bonds is 3. The lowest BCUT2D eigenvalue weighted by molar-refractivity contribution is 0.0114. The highest BCUT2D eigenvalue weighted by molar-refractivity contribution is 5.88. The Kier molecular flexibility index (Phi) is 5.06. The van der Waals surface area contributed by atoms with Crippen molar-refractivity contribution in [3.8, 4) is 0 Å². The molecular weight excluding hydrogens is 316 g/mol. The lowest BCUT2D eigenvalue weighted by atomic mass is 10.0. The minimum absolute atomic E-state index is 0.109. The first-order valence-electron chi connectivity index (χ1n) is 8.87. The summed E-state index contributed by atoms with van der Waals surface area (Å²) < 4.78 is 5.56. The van der Waals surface area contributed by atoms with Crippen molar-refractivity contribution in [2.45, 2.75) is 51.7 Å². The molecule has 25 heavy (non-hydrogen) atoms. The molecule has 0 unspecified atom stereocenters. The summed E-state index contributed by atoms with van der Waals surface area (Å²) in [7, 11) is 0. The lowest BCUT2D eigenvalue weighted by Crippen LogP contribution is -2.48. The summed E-state index contributed by atoms with van der Waals surface area (Å²) in [6.07, 6.45) is 4.45. The molecule has 1 aliphatic rings. The van der Waals surface area contributed by atoms with Crippen LogP contribution in [-0.2, 0) is 4.74 Å². The van der Waals surface area contributed by atoms with Crippen molar-refractivity contribution in [2.75, 3.05) is 18.4 Å². The summed E-state index contributed by atoms with van der Waals surface area (Å²) in [5.74, 6) is 0.806. The van der Waals surface area contributed by atoms with Gasteiger partial charge in [-0.25, -0.2) is 14.8 Å². The molecule has 1 amide bonds. The molecule has 6 heteroatoms. The van der Waals surface area contributed by atoms with Crippen LogP contribution in [0.4, 0.5) is 10.6 Å². The standard InChI is InChI=1S/C19H26N4O2/c1-19(2,3)25-18(24)23-11-7-6-8-14(23)12-20-17-15-9-4-5-10-16(15)21-13-22-17/h4-5,9-10,13-14H,6-8,11-12H2,1-3H3,(H,20,21,22)/t14-/m0/s1. The van der Waals surface area contributed by atoms with E-state index < -0.39 is 5.60 Å². The minimum Gasteiger partial charge on any atom is -0.444 e. The van der Waals surface area contributed by atoms with Crippen LogP contribution < -0.4 is 5.32 Å². The van der Waals surface area contributed by atoms with Crippen LogP contribution >= 0.6 is 0 Å². The number of amides is 1. The molecule has 0 aliphatic carbocycles. The first-order chi connectivity index (χ1) is 11.9. The first-order valence-corrected chi connectivity index (χ1v) is 8.87. The largest absolute Gasteiger partial charge is 0.444 e. The molecule has 6 nitrogen and oxygen atoms in total. The number of hydrogen-bond acceptors (Lipinski definition) is 5. The smallest absolute Gasteiger partial charge is 0.410 e. The minimum atomic E-state index is -0.477. The zero-order valence-electron chi connectivity index (χ0n) is 15.2. The summed E-state index contributed by atoms with van der Waals surface area (Å²) in [6, 6.07) is 8.02. The predicted octanol–water partition coefficient (Wildman–Crippen LogP) is 3.83. The number of ether oxygens (including phenoxy) is 1. The number of benzene rings is 1. The predicted molar refractivity (Wildman–Crippen MR) is 98.6 cm³/mol. The summed E-state index contributed by atoms with van der Waals surface area (Å²) >= 11 is 0. The Balaban J connectivity index is 1.70. The fraction of sp³-hybridized carbons (Fsp3) is 0.526. The van der Waals surface area contributed by atoms with Crippen LogP contribution in [0, 0.1) is 0 Å². The molecule has 0 radical (unpaired) electrons. The maximum atomic E-state index is 12.5. The Morgan fingerprint density at radius 3 is 2.88 bits per heavy atom. The monoisotopic (exact) mass is 342 g/mol. The topological polar surface area (TPSA) is 67.3 Å². The highest BCUT2D eigenvalue weighted by Crippen LogP contribution is 2.23. The van der Waals surface area contributed by atoms with Gasteiger partial charge in [-0.15, -0.1) is 0 Å². The van der Waals surface area contributed by atoms with Crippen molar-refractivity contribution < 1.29 is 9.53 Å². The lowest BCUT2D eigenvalue weighted by Gasteiger charge is -2.37. The van der Waals surface area contributed by atoms with Gasteiger partial charge in [0.25, 0.3) is 0 Å². The highest BCUT2D eigenvalue weighted by atomic mass is 16.6. The normalized spacial score (nSPS) is 18.2. The maximum absolute atomic E-state index is 12.5. The Labute approximate surface area is 148 Å². The molecule has 2 heterocycles. The second-order valence-electron chi connectivity index (χ2n) is 7.44. The van der Waals surface area contributed by atoms with Crippen molar-refractivity contribution in [2.24, 2.45) is 0 Å². The van der Waals surface area contributed by atoms with Gasteiger partial charge in [0.15, 0.2) is 0 Å². The van der Waals surface area contributed by atoms with Gasteiger partial charge in [-0.2, -0.15) is 0 Å². The molecule has 1 N–H and O–H groups in total. The van der Waals surface area contributed by atoms with Crippen LogP contribution in [0.15, 0.2) is 30.6 Å². The number of piperidine rings is 1. The number of aromatic nitrogens is 2. The van der Waals surface area contributed by atoms with Gasteiger partial charge in [0, 0.05) is 18.5 Å².